The van der Waals surface area contributed by atoms with Gasteiger partial charge in [-0.2, -0.15) is 15.0 Å². The molecule has 5 heterocycles. The van der Waals surface area contributed by atoms with Gasteiger partial charge >= 0.3 is 0 Å². The molecule has 0 saturated carbocycles. The van der Waals surface area contributed by atoms with Crippen LogP contribution >= 0.6 is 0 Å². The largest absolute Gasteiger partial charge is 0.357 e. The second kappa shape index (κ2) is 6.47. The van der Waals surface area contributed by atoms with Gasteiger partial charge in [-0.3, -0.25) is 0 Å². The molecule has 10 nitrogen and oxygen atoms in total. The number of fused-ring (bicyclic) bond motifs is 2. The molecule has 0 unspecified atom stereocenters. The second-order valence-corrected chi connectivity index (χ2v) is 7.25. The number of rotatable bonds is 3. The highest BCUT2D eigenvalue weighted by Crippen LogP contribution is 2.24. The van der Waals surface area contributed by atoms with E-state index in [0.29, 0.717) is 17.8 Å². The maximum atomic E-state index is 4.82. The summed E-state index contributed by atoms with van der Waals surface area (Å²) in [5.41, 5.74) is 2.38. The molecule has 28 heavy (non-hydrogen) atoms. The average Bonchev–Trinajstić information content (AvgIpc) is 3.29. The van der Waals surface area contributed by atoms with Crippen molar-refractivity contribution in [2.45, 2.75) is 40.0 Å². The van der Waals surface area contributed by atoms with Crippen molar-refractivity contribution in [3.8, 4) is 0 Å². The van der Waals surface area contributed by atoms with Crippen LogP contribution in [0.2, 0.25) is 0 Å². The van der Waals surface area contributed by atoms with Gasteiger partial charge in [-0.1, -0.05) is 0 Å². The van der Waals surface area contributed by atoms with Crippen molar-refractivity contribution in [3.63, 3.8) is 0 Å². The summed E-state index contributed by atoms with van der Waals surface area (Å²) in [6, 6.07) is 0. The van der Waals surface area contributed by atoms with E-state index in [9.17, 15) is 0 Å². The summed E-state index contributed by atoms with van der Waals surface area (Å²) in [4.78, 5) is 27.3. The van der Waals surface area contributed by atoms with E-state index in [1.165, 1.54) is 11.4 Å². The van der Waals surface area contributed by atoms with E-state index < -0.39 is 0 Å². The van der Waals surface area contributed by atoms with Crippen molar-refractivity contribution in [1.29, 1.82) is 0 Å². The highest BCUT2D eigenvalue weighted by molar-refractivity contribution is 5.46. The summed E-state index contributed by atoms with van der Waals surface area (Å²) >= 11 is 0. The summed E-state index contributed by atoms with van der Waals surface area (Å²) in [5.74, 6) is 4.11. The first-order valence-electron chi connectivity index (χ1n) is 9.58. The van der Waals surface area contributed by atoms with Gasteiger partial charge in [0.25, 0.3) is 0 Å². The lowest BCUT2D eigenvalue weighted by molar-refractivity contribution is 0.542. The van der Waals surface area contributed by atoms with Gasteiger partial charge in [-0.15, -0.1) is 0 Å². The van der Waals surface area contributed by atoms with Crippen LogP contribution in [0.25, 0.3) is 0 Å². The Hall–Kier alpha value is -3.17. The molecule has 0 spiro atoms. The van der Waals surface area contributed by atoms with Crippen LogP contribution in [0, 0.1) is 13.8 Å². The van der Waals surface area contributed by atoms with E-state index >= 15 is 0 Å². The van der Waals surface area contributed by atoms with Crippen molar-refractivity contribution in [2.24, 2.45) is 0 Å². The molecule has 0 aromatic carbocycles. The zero-order valence-corrected chi connectivity index (χ0v) is 16.4. The van der Waals surface area contributed by atoms with Gasteiger partial charge in [-0.05, 0) is 13.8 Å². The van der Waals surface area contributed by atoms with Crippen molar-refractivity contribution < 1.29 is 0 Å². The number of imidazole rings is 2. The molecule has 0 fully saturated rings. The van der Waals surface area contributed by atoms with E-state index in [1.54, 1.807) is 0 Å². The van der Waals surface area contributed by atoms with Crippen molar-refractivity contribution in [1.82, 2.24) is 34.1 Å². The van der Waals surface area contributed by atoms with Crippen LogP contribution in [-0.4, -0.2) is 54.2 Å². The van der Waals surface area contributed by atoms with Gasteiger partial charge in [0.1, 0.15) is 11.6 Å². The molecule has 2 aliphatic rings. The van der Waals surface area contributed by atoms with Crippen molar-refractivity contribution in [2.75, 3.05) is 35.3 Å². The highest BCUT2D eigenvalue weighted by atomic mass is 15.4. The van der Waals surface area contributed by atoms with Crippen LogP contribution in [0.4, 0.5) is 17.8 Å². The highest BCUT2D eigenvalue weighted by Gasteiger charge is 2.25. The Morgan fingerprint density at radius 2 is 1.25 bits per heavy atom. The van der Waals surface area contributed by atoms with Crippen LogP contribution in [0.1, 0.15) is 23.0 Å². The van der Waals surface area contributed by atoms with E-state index in [-0.39, 0.29) is 0 Å². The first kappa shape index (κ1) is 17.0. The third-order valence-corrected chi connectivity index (χ3v) is 5.57. The maximum absolute atomic E-state index is 4.82. The van der Waals surface area contributed by atoms with E-state index in [1.807, 2.05) is 33.3 Å². The molecular weight excluding hydrogens is 356 g/mol. The SMILES string of the molecule is CNc1nc(N2CCn3c(cnc3C)C2)nc(N2CCn3c(cnc3C)C2)n1. The molecule has 10 heteroatoms. The number of aryl methyl sites for hydroxylation is 2. The molecule has 146 valence electrons. The van der Waals surface area contributed by atoms with Gasteiger partial charge in [0.05, 0.1) is 36.9 Å². The molecule has 0 aliphatic carbocycles. The number of anilines is 3. The topological polar surface area (TPSA) is 92.8 Å². The Bertz CT molecular complexity index is 943. The zero-order valence-electron chi connectivity index (χ0n) is 16.4. The van der Waals surface area contributed by atoms with Crippen LogP contribution in [0.5, 0.6) is 0 Å². The second-order valence-electron chi connectivity index (χ2n) is 7.25. The smallest absolute Gasteiger partial charge is 0.232 e. The number of aromatic nitrogens is 7. The van der Waals surface area contributed by atoms with Gasteiger partial charge < -0.3 is 24.3 Å². The summed E-state index contributed by atoms with van der Waals surface area (Å²) in [7, 11) is 1.84. The molecule has 3 aromatic heterocycles. The van der Waals surface area contributed by atoms with Crippen LogP contribution in [-0.2, 0) is 26.2 Å². The number of hydrogen-bond donors (Lipinski definition) is 1. The van der Waals surface area contributed by atoms with Gasteiger partial charge in [-0.25, -0.2) is 9.97 Å². The minimum Gasteiger partial charge on any atom is -0.357 e. The summed E-state index contributed by atoms with van der Waals surface area (Å²) in [6.07, 6.45) is 3.88. The van der Waals surface area contributed by atoms with E-state index in [4.69, 9.17) is 4.98 Å². The molecule has 0 saturated heterocycles. The first-order valence-corrected chi connectivity index (χ1v) is 9.58. The average molecular weight is 380 g/mol. The number of nitrogens with one attached hydrogen (secondary N) is 1. The molecule has 5 rings (SSSR count). The van der Waals surface area contributed by atoms with Crippen LogP contribution < -0.4 is 15.1 Å². The Kier molecular flexibility index (Phi) is 3.92. The Morgan fingerprint density at radius 1 is 0.750 bits per heavy atom. The minimum atomic E-state index is 0.588. The lowest BCUT2D eigenvalue weighted by atomic mass is 10.3. The molecule has 0 amide bonds. The van der Waals surface area contributed by atoms with E-state index in [0.717, 1.165) is 50.9 Å². The number of nitrogens with zero attached hydrogens (tertiary/aromatic N) is 9. The molecular formula is C18H24N10. The fourth-order valence-electron chi connectivity index (χ4n) is 3.97. The summed E-state index contributed by atoms with van der Waals surface area (Å²) < 4.78 is 4.51. The Balaban J connectivity index is 1.44. The zero-order chi connectivity index (χ0) is 19.3. The van der Waals surface area contributed by atoms with Crippen LogP contribution in [0.3, 0.4) is 0 Å². The van der Waals surface area contributed by atoms with Gasteiger partial charge in [0.2, 0.25) is 17.8 Å². The first-order chi connectivity index (χ1) is 13.6. The predicted octanol–water partition coefficient (Wildman–Crippen LogP) is 0.964. The standard InChI is InChI=1S/C18H24N10/c1-12-20-8-14-10-25(4-6-27(12)14)17-22-16(19-3)23-18(24-17)26-5-7-28-13(2)21-9-15(28)11-26/h8-9H,4-7,10-11H2,1-3H3,(H,19,22,23,24). The van der Waals surface area contributed by atoms with Crippen molar-refractivity contribution in [3.05, 3.63) is 35.4 Å². The molecule has 3 aromatic rings. The van der Waals surface area contributed by atoms with Crippen LogP contribution in [0.15, 0.2) is 12.4 Å². The Labute approximate surface area is 163 Å². The minimum absolute atomic E-state index is 0.588. The fourth-order valence-corrected chi connectivity index (χ4v) is 3.97. The van der Waals surface area contributed by atoms with Gasteiger partial charge in [0, 0.05) is 33.2 Å². The lowest BCUT2D eigenvalue weighted by Gasteiger charge is -2.31. The monoisotopic (exact) mass is 380 g/mol. The lowest BCUT2D eigenvalue weighted by Crippen LogP contribution is -2.37. The normalized spacial score (nSPS) is 16.1. The van der Waals surface area contributed by atoms with Crippen molar-refractivity contribution >= 4 is 17.8 Å². The third kappa shape index (κ3) is 2.76. The molecule has 2 aliphatic heterocycles. The molecule has 0 atom stereocenters. The Morgan fingerprint density at radius 3 is 1.71 bits per heavy atom. The fraction of sp³-hybridized carbons (Fsp3) is 0.500. The van der Waals surface area contributed by atoms with Gasteiger partial charge in [0.15, 0.2) is 0 Å². The summed E-state index contributed by atoms with van der Waals surface area (Å²) in [6.45, 7) is 9.06. The number of hydrogen-bond acceptors (Lipinski definition) is 8. The molecule has 1 N–H and O–H groups in total. The molecule has 0 radical (unpaired) electrons. The molecule has 0 bridgehead atoms. The van der Waals surface area contributed by atoms with E-state index in [2.05, 4.69) is 44.2 Å². The third-order valence-electron chi connectivity index (χ3n) is 5.57. The quantitative estimate of drug-likeness (QED) is 0.718. The maximum Gasteiger partial charge on any atom is 0.232 e. The summed E-state index contributed by atoms with van der Waals surface area (Å²) in [5, 5.41) is 3.08. The predicted molar refractivity (Wildman–Crippen MR) is 105 cm³/mol.